The van der Waals surface area contributed by atoms with Crippen LogP contribution in [-0.2, 0) is 9.09 Å². The molecule has 0 spiro atoms. The SMILES string of the molecule is CC(C)CO[P@@](=O)(c1ccc(N(C)C)cc1)[C@@H](Nc1ccccc1)c1ccc(Cl)cc1. The molecule has 1 N–H and O–H groups in total. The van der Waals surface area contributed by atoms with Crippen molar-refractivity contribution in [3.05, 3.63) is 89.4 Å². The van der Waals surface area contributed by atoms with E-state index in [1.165, 1.54) is 0 Å². The summed E-state index contributed by atoms with van der Waals surface area (Å²) in [6.07, 6.45) is 0. The van der Waals surface area contributed by atoms with Crippen LogP contribution in [-0.4, -0.2) is 20.7 Å². The first kappa shape index (κ1) is 23.4. The Morgan fingerprint density at radius 1 is 0.935 bits per heavy atom. The summed E-state index contributed by atoms with van der Waals surface area (Å²) in [6, 6.07) is 25.0. The summed E-state index contributed by atoms with van der Waals surface area (Å²) in [6.45, 7) is 4.51. The van der Waals surface area contributed by atoms with Crippen molar-refractivity contribution in [1.29, 1.82) is 0 Å². The molecule has 6 heteroatoms. The second-order valence-corrected chi connectivity index (χ2v) is 11.1. The molecule has 4 nitrogen and oxygen atoms in total. The fourth-order valence-electron chi connectivity index (χ4n) is 3.22. The van der Waals surface area contributed by atoms with Crippen LogP contribution in [0.4, 0.5) is 11.4 Å². The van der Waals surface area contributed by atoms with Gasteiger partial charge in [0.05, 0.1) is 6.61 Å². The molecule has 2 atom stereocenters. The lowest BCUT2D eigenvalue weighted by Gasteiger charge is -2.31. The Morgan fingerprint density at radius 3 is 2.10 bits per heavy atom. The van der Waals surface area contributed by atoms with Crippen molar-refractivity contribution in [3.8, 4) is 0 Å². The second-order valence-electron chi connectivity index (χ2n) is 8.16. The van der Waals surface area contributed by atoms with Gasteiger partial charge < -0.3 is 14.7 Å². The van der Waals surface area contributed by atoms with Crippen molar-refractivity contribution < 1.29 is 9.09 Å². The van der Waals surface area contributed by atoms with E-state index >= 15 is 0 Å². The molecule has 0 fully saturated rings. The lowest BCUT2D eigenvalue weighted by molar-refractivity contribution is 0.272. The van der Waals surface area contributed by atoms with Crippen LogP contribution in [0.1, 0.15) is 25.2 Å². The van der Waals surface area contributed by atoms with Gasteiger partial charge >= 0.3 is 0 Å². The van der Waals surface area contributed by atoms with Crippen molar-refractivity contribution in [2.75, 3.05) is 30.9 Å². The molecule has 0 aliphatic rings. The minimum absolute atomic E-state index is 0.247. The molecule has 3 aromatic rings. The molecular weight excluding hydrogens is 427 g/mol. The number of benzene rings is 3. The monoisotopic (exact) mass is 456 g/mol. The van der Waals surface area contributed by atoms with Crippen LogP contribution >= 0.6 is 19.0 Å². The zero-order valence-electron chi connectivity index (χ0n) is 18.5. The van der Waals surface area contributed by atoms with Gasteiger partial charge in [0.15, 0.2) is 0 Å². The Hall–Kier alpha value is -2.26. The van der Waals surface area contributed by atoms with Crippen LogP contribution in [0.3, 0.4) is 0 Å². The summed E-state index contributed by atoms with van der Waals surface area (Å²) < 4.78 is 20.9. The van der Waals surface area contributed by atoms with Crippen LogP contribution in [0.2, 0.25) is 5.02 Å². The van der Waals surface area contributed by atoms with Crippen molar-refractivity contribution in [3.63, 3.8) is 0 Å². The minimum atomic E-state index is -3.36. The molecule has 0 saturated heterocycles. The zero-order chi connectivity index (χ0) is 22.4. The molecule has 0 saturated carbocycles. The Morgan fingerprint density at radius 2 is 1.55 bits per heavy atom. The lowest BCUT2D eigenvalue weighted by atomic mass is 10.2. The first-order valence-corrected chi connectivity index (χ1v) is 12.5. The summed E-state index contributed by atoms with van der Waals surface area (Å²) in [7, 11) is 0.606. The van der Waals surface area contributed by atoms with Crippen LogP contribution in [0.25, 0.3) is 0 Å². The molecule has 164 valence electrons. The third-order valence-corrected chi connectivity index (χ3v) is 7.84. The Labute approximate surface area is 190 Å². The average molecular weight is 457 g/mol. The van der Waals surface area contributed by atoms with E-state index < -0.39 is 13.2 Å². The van der Waals surface area contributed by atoms with Crippen molar-refractivity contribution in [2.24, 2.45) is 5.92 Å². The van der Waals surface area contributed by atoms with E-state index in [0.29, 0.717) is 16.9 Å². The molecule has 0 unspecified atom stereocenters. The van der Waals surface area contributed by atoms with E-state index in [2.05, 4.69) is 19.2 Å². The molecule has 0 radical (unpaired) electrons. The first-order chi connectivity index (χ1) is 14.8. The fraction of sp³-hybridized carbons (Fsp3) is 0.280. The number of nitrogens with zero attached hydrogens (tertiary/aromatic N) is 1. The number of hydrogen-bond donors (Lipinski definition) is 1. The maximum Gasteiger partial charge on any atom is 0.258 e. The third kappa shape index (κ3) is 5.92. The van der Waals surface area contributed by atoms with E-state index in [1.54, 1.807) is 0 Å². The summed E-state index contributed by atoms with van der Waals surface area (Å²) in [4.78, 5) is 2.02. The highest BCUT2D eigenvalue weighted by atomic mass is 35.5. The van der Waals surface area contributed by atoms with Gasteiger partial charge in [0.2, 0.25) is 0 Å². The quantitative estimate of drug-likeness (QED) is 0.360. The third-order valence-electron chi connectivity index (χ3n) is 4.93. The number of halogens is 1. The van der Waals surface area contributed by atoms with Crippen LogP contribution in [0.15, 0.2) is 78.9 Å². The number of hydrogen-bond acceptors (Lipinski definition) is 4. The number of para-hydroxylation sites is 1. The molecule has 0 amide bonds. The van der Waals surface area contributed by atoms with Gasteiger partial charge in [-0.05, 0) is 60.0 Å². The van der Waals surface area contributed by atoms with Gasteiger partial charge in [-0.2, -0.15) is 0 Å². The number of anilines is 2. The van der Waals surface area contributed by atoms with E-state index in [0.717, 1.165) is 16.9 Å². The highest BCUT2D eigenvalue weighted by molar-refractivity contribution is 7.67. The van der Waals surface area contributed by atoms with Gasteiger partial charge in [0.25, 0.3) is 7.37 Å². The number of rotatable bonds is 9. The highest BCUT2D eigenvalue weighted by Crippen LogP contribution is 2.59. The molecule has 0 aliphatic carbocycles. The van der Waals surface area contributed by atoms with Gasteiger partial charge in [-0.25, -0.2) is 0 Å². The molecular formula is C25H30ClN2O2P. The summed E-state index contributed by atoms with van der Waals surface area (Å²) in [5.74, 6) is -0.312. The standard InChI is InChI=1S/C25H30ClN2O2P/c1-19(2)18-30-31(29,24-16-14-23(15-17-24)28(3)4)25(20-10-12-21(26)13-11-20)27-22-8-6-5-7-9-22/h5-17,19,25,27H,18H2,1-4H3/t25-,31+/m1/s1. The first-order valence-electron chi connectivity index (χ1n) is 10.4. The maximum absolute atomic E-state index is 14.7. The smallest absolute Gasteiger partial charge is 0.258 e. The van der Waals surface area contributed by atoms with E-state index in [-0.39, 0.29) is 5.92 Å². The summed E-state index contributed by atoms with van der Waals surface area (Å²) in [5, 5.41) is 4.79. The van der Waals surface area contributed by atoms with Gasteiger partial charge in [-0.3, -0.25) is 4.57 Å². The van der Waals surface area contributed by atoms with Crippen LogP contribution in [0.5, 0.6) is 0 Å². The second kappa shape index (κ2) is 10.4. The lowest BCUT2D eigenvalue weighted by Crippen LogP contribution is -2.22. The predicted molar refractivity (Wildman–Crippen MR) is 133 cm³/mol. The highest BCUT2D eigenvalue weighted by Gasteiger charge is 2.38. The maximum atomic E-state index is 14.7. The molecule has 0 aliphatic heterocycles. The van der Waals surface area contributed by atoms with Crippen LogP contribution in [0, 0.1) is 5.92 Å². The summed E-state index contributed by atoms with van der Waals surface area (Å²) in [5.41, 5.74) is 2.77. The van der Waals surface area contributed by atoms with Crippen LogP contribution < -0.4 is 15.5 Å². The Kier molecular flexibility index (Phi) is 7.83. The molecule has 31 heavy (non-hydrogen) atoms. The van der Waals surface area contributed by atoms with Crippen molar-refractivity contribution in [1.82, 2.24) is 0 Å². The zero-order valence-corrected chi connectivity index (χ0v) is 20.1. The van der Waals surface area contributed by atoms with E-state index in [4.69, 9.17) is 16.1 Å². The number of nitrogens with one attached hydrogen (secondary N) is 1. The molecule has 3 aromatic carbocycles. The largest absolute Gasteiger partial charge is 0.378 e. The summed E-state index contributed by atoms with van der Waals surface area (Å²) >= 11 is 6.13. The van der Waals surface area contributed by atoms with Crippen molar-refractivity contribution >= 4 is 35.6 Å². The molecule has 3 rings (SSSR count). The Bertz CT molecular complexity index is 1010. The van der Waals surface area contributed by atoms with Gasteiger partial charge in [-0.1, -0.05) is 55.8 Å². The normalized spacial score (nSPS) is 14.1. The predicted octanol–water partition coefficient (Wildman–Crippen LogP) is 6.79. The molecule has 0 aromatic heterocycles. The van der Waals surface area contributed by atoms with Gasteiger partial charge in [0.1, 0.15) is 5.78 Å². The van der Waals surface area contributed by atoms with E-state index in [1.807, 2.05) is 97.9 Å². The molecule has 0 bridgehead atoms. The van der Waals surface area contributed by atoms with E-state index in [9.17, 15) is 4.57 Å². The average Bonchev–Trinajstić information content (AvgIpc) is 2.77. The fourth-order valence-corrected chi connectivity index (χ4v) is 5.91. The topological polar surface area (TPSA) is 41.6 Å². The van der Waals surface area contributed by atoms with Gasteiger partial charge in [-0.15, -0.1) is 0 Å². The van der Waals surface area contributed by atoms with Crippen molar-refractivity contribution in [2.45, 2.75) is 19.6 Å². The Balaban J connectivity index is 2.11. The van der Waals surface area contributed by atoms with Gasteiger partial charge in [0, 0.05) is 35.8 Å². The minimum Gasteiger partial charge on any atom is -0.378 e. The molecule has 0 heterocycles.